The molecule has 1 aromatic carbocycles. The third-order valence-electron chi connectivity index (χ3n) is 3.07. The second-order valence-corrected chi connectivity index (χ2v) is 7.12. The van der Waals surface area contributed by atoms with E-state index < -0.39 is 5.54 Å². The zero-order valence-corrected chi connectivity index (χ0v) is 14.3. The Morgan fingerprint density at radius 2 is 1.52 bits per heavy atom. The third kappa shape index (κ3) is 4.22. The smallest absolute Gasteiger partial charge is 0.0670 e. The van der Waals surface area contributed by atoms with Crippen LogP contribution < -0.4 is 10.1 Å². The van der Waals surface area contributed by atoms with Gasteiger partial charge in [0.1, 0.15) is 0 Å². The molecule has 4 nitrogen and oxygen atoms in total. The normalized spacial score (nSPS) is 12.2. The Labute approximate surface area is 128 Å². The summed E-state index contributed by atoms with van der Waals surface area (Å²) in [6.07, 6.45) is 1.76. The minimum Gasteiger partial charge on any atom is -0.288 e. The van der Waals surface area contributed by atoms with Crippen molar-refractivity contribution >= 4 is 17.5 Å². The fourth-order valence-corrected chi connectivity index (χ4v) is 2.13. The van der Waals surface area contributed by atoms with Gasteiger partial charge in [0, 0.05) is 0 Å². The minimum atomic E-state index is -0.392. The highest BCUT2D eigenvalue weighted by molar-refractivity contribution is 5.67. The number of hydrogen-bond donors (Lipinski definition) is 1. The fraction of sp³-hybridized carbons (Fsp3) is 0.529. The SMILES string of the molecule is C=Cc1cc(N(O)C(C)(C)C)cc(N(OC)C(C)(C)C)c1. The summed E-state index contributed by atoms with van der Waals surface area (Å²) in [5.41, 5.74) is 1.92. The summed E-state index contributed by atoms with van der Waals surface area (Å²) in [4.78, 5) is 5.52. The van der Waals surface area contributed by atoms with Crippen LogP contribution in [0.3, 0.4) is 0 Å². The van der Waals surface area contributed by atoms with Crippen molar-refractivity contribution in [2.24, 2.45) is 0 Å². The first-order valence-corrected chi connectivity index (χ1v) is 7.11. The molecule has 0 bridgehead atoms. The molecule has 0 amide bonds. The van der Waals surface area contributed by atoms with Crippen molar-refractivity contribution < 1.29 is 10.0 Å². The number of anilines is 2. The maximum Gasteiger partial charge on any atom is 0.0670 e. The molecule has 0 spiro atoms. The van der Waals surface area contributed by atoms with Crippen molar-refractivity contribution in [3.8, 4) is 0 Å². The van der Waals surface area contributed by atoms with E-state index in [1.165, 1.54) is 5.06 Å². The van der Waals surface area contributed by atoms with E-state index in [-0.39, 0.29) is 5.54 Å². The van der Waals surface area contributed by atoms with Gasteiger partial charge < -0.3 is 0 Å². The topological polar surface area (TPSA) is 35.9 Å². The highest BCUT2D eigenvalue weighted by Gasteiger charge is 2.25. The van der Waals surface area contributed by atoms with Crippen LogP contribution in [0.1, 0.15) is 47.1 Å². The van der Waals surface area contributed by atoms with Gasteiger partial charge in [-0.25, -0.2) is 5.06 Å². The monoisotopic (exact) mass is 292 g/mol. The number of hydroxylamine groups is 2. The molecule has 0 unspecified atom stereocenters. The summed E-state index contributed by atoms with van der Waals surface area (Å²) in [5.74, 6) is 0. The molecule has 0 aliphatic carbocycles. The van der Waals surface area contributed by atoms with E-state index >= 15 is 0 Å². The second kappa shape index (κ2) is 6.08. The van der Waals surface area contributed by atoms with Crippen LogP contribution in [0.15, 0.2) is 24.8 Å². The van der Waals surface area contributed by atoms with Crippen LogP contribution in [-0.4, -0.2) is 23.4 Å². The maximum absolute atomic E-state index is 10.4. The molecule has 0 heterocycles. The van der Waals surface area contributed by atoms with Crippen molar-refractivity contribution in [1.29, 1.82) is 0 Å². The minimum absolute atomic E-state index is 0.201. The molecule has 21 heavy (non-hydrogen) atoms. The zero-order valence-electron chi connectivity index (χ0n) is 14.3. The van der Waals surface area contributed by atoms with Crippen molar-refractivity contribution in [2.45, 2.75) is 52.6 Å². The second-order valence-electron chi connectivity index (χ2n) is 7.12. The predicted octanol–water partition coefficient (Wildman–Crippen LogP) is 4.49. The highest BCUT2D eigenvalue weighted by atomic mass is 16.7. The van der Waals surface area contributed by atoms with Gasteiger partial charge in [0.25, 0.3) is 0 Å². The molecule has 118 valence electrons. The van der Waals surface area contributed by atoms with Gasteiger partial charge in [0.2, 0.25) is 0 Å². The molecule has 0 atom stereocenters. The van der Waals surface area contributed by atoms with E-state index in [0.29, 0.717) is 5.69 Å². The molecule has 0 aliphatic heterocycles. The van der Waals surface area contributed by atoms with Crippen molar-refractivity contribution in [1.82, 2.24) is 0 Å². The molecule has 0 aliphatic rings. The average molecular weight is 292 g/mol. The largest absolute Gasteiger partial charge is 0.288 e. The van der Waals surface area contributed by atoms with Gasteiger partial charge in [-0.05, 0) is 65.3 Å². The molecule has 1 aromatic rings. The Balaban J connectivity index is 3.38. The quantitative estimate of drug-likeness (QED) is 0.829. The summed E-state index contributed by atoms with van der Waals surface area (Å²) >= 11 is 0. The van der Waals surface area contributed by atoms with Gasteiger partial charge >= 0.3 is 0 Å². The van der Waals surface area contributed by atoms with E-state index in [4.69, 9.17) is 4.84 Å². The Bertz CT molecular complexity index is 498. The summed E-state index contributed by atoms with van der Waals surface area (Å²) in [5, 5.41) is 13.5. The molecule has 1 N–H and O–H groups in total. The average Bonchev–Trinajstić information content (AvgIpc) is 2.35. The Morgan fingerprint density at radius 3 is 1.90 bits per heavy atom. The maximum atomic E-state index is 10.4. The van der Waals surface area contributed by atoms with Gasteiger partial charge in [0.15, 0.2) is 0 Å². The van der Waals surface area contributed by atoms with E-state index in [0.717, 1.165) is 11.3 Å². The Kier molecular flexibility index (Phi) is 5.07. The van der Waals surface area contributed by atoms with Gasteiger partial charge in [-0.3, -0.25) is 15.1 Å². The van der Waals surface area contributed by atoms with Gasteiger partial charge in [-0.15, -0.1) is 0 Å². The van der Waals surface area contributed by atoms with Crippen LogP contribution in [0, 0.1) is 0 Å². The molecule has 4 heteroatoms. The lowest BCUT2D eigenvalue weighted by atomic mass is 10.0. The number of rotatable bonds is 4. The fourth-order valence-electron chi connectivity index (χ4n) is 2.13. The molecule has 1 rings (SSSR count). The molecular formula is C17H28N2O2. The van der Waals surface area contributed by atoms with Crippen molar-refractivity contribution in [3.05, 3.63) is 30.3 Å². The number of hydrogen-bond acceptors (Lipinski definition) is 4. The van der Waals surface area contributed by atoms with Gasteiger partial charge in [-0.1, -0.05) is 12.7 Å². The van der Waals surface area contributed by atoms with E-state index in [1.807, 2.05) is 44.0 Å². The molecular weight excluding hydrogens is 264 g/mol. The van der Waals surface area contributed by atoms with Crippen LogP contribution in [0.25, 0.3) is 6.08 Å². The first-order valence-electron chi connectivity index (χ1n) is 7.11. The number of nitrogens with zero attached hydrogens (tertiary/aromatic N) is 2. The van der Waals surface area contributed by atoms with Crippen LogP contribution in [0.5, 0.6) is 0 Å². The molecule has 0 aromatic heterocycles. The summed E-state index contributed by atoms with van der Waals surface area (Å²) in [7, 11) is 1.64. The van der Waals surface area contributed by atoms with Gasteiger partial charge in [-0.2, -0.15) is 0 Å². The Hall–Kier alpha value is -1.52. The first-order chi connectivity index (χ1) is 9.50. The van der Waals surface area contributed by atoms with Gasteiger partial charge in [0.05, 0.1) is 29.6 Å². The van der Waals surface area contributed by atoms with E-state index in [2.05, 4.69) is 27.4 Å². The molecule has 0 radical (unpaired) electrons. The first kappa shape index (κ1) is 17.5. The molecule has 0 saturated carbocycles. The number of benzene rings is 1. The van der Waals surface area contributed by atoms with Crippen LogP contribution in [-0.2, 0) is 4.84 Å². The van der Waals surface area contributed by atoms with Crippen molar-refractivity contribution in [2.75, 3.05) is 17.2 Å². The zero-order chi connectivity index (χ0) is 16.4. The lowest BCUT2D eigenvalue weighted by Gasteiger charge is -2.37. The van der Waals surface area contributed by atoms with E-state index in [9.17, 15) is 5.21 Å². The van der Waals surface area contributed by atoms with Crippen LogP contribution >= 0.6 is 0 Å². The lowest BCUT2D eigenvalue weighted by Crippen LogP contribution is -2.41. The predicted molar refractivity (Wildman–Crippen MR) is 89.8 cm³/mol. The van der Waals surface area contributed by atoms with E-state index in [1.54, 1.807) is 13.2 Å². The third-order valence-corrected chi connectivity index (χ3v) is 3.07. The standard InChI is InChI=1S/C17H28N2O2/c1-9-13-10-14(18(20)16(2,3)4)12-15(11-13)19(21-8)17(5,6)7/h9-12,20H,1H2,2-8H3. The summed E-state index contributed by atoms with van der Waals surface area (Å²) < 4.78 is 0. The Morgan fingerprint density at radius 1 is 1.00 bits per heavy atom. The van der Waals surface area contributed by atoms with Crippen LogP contribution in [0.2, 0.25) is 0 Å². The summed E-state index contributed by atoms with van der Waals surface area (Å²) in [6, 6.07) is 5.80. The van der Waals surface area contributed by atoms with Crippen LogP contribution in [0.4, 0.5) is 11.4 Å². The molecule has 0 fully saturated rings. The highest BCUT2D eigenvalue weighted by Crippen LogP contribution is 2.32. The van der Waals surface area contributed by atoms with Crippen molar-refractivity contribution in [3.63, 3.8) is 0 Å². The summed E-state index contributed by atoms with van der Waals surface area (Å²) in [6.45, 7) is 15.9. The lowest BCUT2D eigenvalue weighted by molar-refractivity contribution is 0.114. The molecule has 0 saturated heterocycles.